The summed E-state index contributed by atoms with van der Waals surface area (Å²) in [6.07, 6.45) is 0. The second-order valence-corrected chi connectivity index (χ2v) is 7.21. The Morgan fingerprint density at radius 1 is 1.27 bits per heavy atom. The van der Waals surface area contributed by atoms with Crippen molar-refractivity contribution < 1.29 is 22.7 Å². The molecule has 0 unspecified atom stereocenters. The number of carbonyl (C=O) groups is 2. The molecule has 0 fully saturated rings. The third-order valence-electron chi connectivity index (χ3n) is 3.32. The zero-order chi connectivity index (χ0) is 19.3. The van der Waals surface area contributed by atoms with Gasteiger partial charge in [-0.15, -0.1) is 0 Å². The summed E-state index contributed by atoms with van der Waals surface area (Å²) in [5, 5.41) is 6.65. The van der Waals surface area contributed by atoms with E-state index >= 15 is 0 Å². The summed E-state index contributed by atoms with van der Waals surface area (Å²) in [5.74, 6) is -0.852. The smallest absolute Gasteiger partial charge is 0.338 e. The van der Waals surface area contributed by atoms with Crippen molar-refractivity contribution in [2.75, 3.05) is 18.5 Å². The monoisotopic (exact) mass is 380 g/mol. The molecule has 0 aliphatic rings. The van der Waals surface area contributed by atoms with Gasteiger partial charge in [0.05, 0.1) is 16.2 Å². The molecule has 1 aromatic heterocycles. The van der Waals surface area contributed by atoms with Gasteiger partial charge >= 0.3 is 5.97 Å². The van der Waals surface area contributed by atoms with Crippen molar-refractivity contribution >= 4 is 27.7 Å². The van der Waals surface area contributed by atoms with Gasteiger partial charge in [-0.1, -0.05) is 13.0 Å². The minimum Gasteiger partial charge on any atom is -0.452 e. The molecule has 10 heteroatoms. The molecule has 1 aromatic carbocycles. The van der Waals surface area contributed by atoms with Crippen molar-refractivity contribution in [3.63, 3.8) is 0 Å². The Kier molecular flexibility index (Phi) is 6.11. The quantitative estimate of drug-likeness (QED) is 0.687. The van der Waals surface area contributed by atoms with Crippen LogP contribution in [0.15, 0.2) is 35.2 Å². The number of ether oxygens (including phenoxy) is 1. The van der Waals surface area contributed by atoms with E-state index in [0.717, 1.165) is 5.69 Å². The van der Waals surface area contributed by atoms with E-state index in [1.54, 1.807) is 27.0 Å². The topological polar surface area (TPSA) is 119 Å². The van der Waals surface area contributed by atoms with Gasteiger partial charge in [0.15, 0.2) is 6.61 Å². The molecule has 1 heterocycles. The molecule has 2 aromatic rings. The maximum atomic E-state index is 12.1. The van der Waals surface area contributed by atoms with Crippen LogP contribution in [-0.4, -0.2) is 43.2 Å². The molecule has 2 rings (SSSR count). The number of amides is 1. The van der Waals surface area contributed by atoms with Gasteiger partial charge in [-0.2, -0.15) is 5.10 Å². The molecule has 0 bridgehead atoms. The number of nitrogens with zero attached hydrogens (tertiary/aromatic N) is 2. The lowest BCUT2D eigenvalue weighted by Crippen LogP contribution is -2.24. The highest BCUT2D eigenvalue weighted by Crippen LogP contribution is 2.13. The molecule has 9 nitrogen and oxygen atoms in total. The fourth-order valence-electron chi connectivity index (χ4n) is 2.18. The third-order valence-corrected chi connectivity index (χ3v) is 4.86. The van der Waals surface area contributed by atoms with Gasteiger partial charge in [-0.05, 0) is 25.1 Å². The summed E-state index contributed by atoms with van der Waals surface area (Å²) < 4.78 is 32.7. The van der Waals surface area contributed by atoms with E-state index in [1.165, 1.54) is 28.9 Å². The van der Waals surface area contributed by atoms with Crippen LogP contribution in [0.25, 0.3) is 0 Å². The van der Waals surface area contributed by atoms with Crippen molar-refractivity contribution in [2.24, 2.45) is 7.05 Å². The minimum absolute atomic E-state index is 0.0353. The van der Waals surface area contributed by atoms with Crippen molar-refractivity contribution in [3.8, 4) is 0 Å². The molecule has 0 aliphatic carbocycles. The second kappa shape index (κ2) is 8.11. The predicted molar refractivity (Wildman–Crippen MR) is 94.2 cm³/mol. The summed E-state index contributed by atoms with van der Waals surface area (Å²) >= 11 is 0. The highest BCUT2D eigenvalue weighted by Gasteiger charge is 2.17. The zero-order valence-electron chi connectivity index (χ0n) is 14.6. The average molecular weight is 380 g/mol. The SMILES string of the molecule is CCNS(=O)(=O)c1cccc(C(=O)OCC(=O)Nc2cc(C)nn2C)c1. The molecule has 26 heavy (non-hydrogen) atoms. The fourth-order valence-corrected chi connectivity index (χ4v) is 3.27. The Morgan fingerprint density at radius 3 is 2.62 bits per heavy atom. The number of aryl methyl sites for hydroxylation is 2. The number of nitrogens with one attached hydrogen (secondary N) is 2. The Bertz CT molecular complexity index is 920. The van der Waals surface area contributed by atoms with Gasteiger partial charge in [-0.25, -0.2) is 17.9 Å². The normalized spacial score (nSPS) is 11.2. The van der Waals surface area contributed by atoms with E-state index in [-0.39, 0.29) is 17.0 Å². The number of carbonyl (C=O) groups excluding carboxylic acids is 2. The predicted octanol–water partition coefficient (Wildman–Crippen LogP) is 0.822. The van der Waals surface area contributed by atoms with Crippen LogP contribution in [-0.2, 0) is 26.6 Å². The minimum atomic E-state index is -3.69. The molecule has 0 atom stereocenters. The molecular weight excluding hydrogens is 360 g/mol. The molecule has 0 saturated heterocycles. The first-order chi connectivity index (χ1) is 12.2. The summed E-state index contributed by atoms with van der Waals surface area (Å²) in [4.78, 5) is 23.9. The van der Waals surface area contributed by atoms with Crippen LogP contribution in [0.2, 0.25) is 0 Å². The number of anilines is 1. The zero-order valence-corrected chi connectivity index (χ0v) is 15.5. The Hall–Kier alpha value is -2.72. The van der Waals surface area contributed by atoms with Gasteiger partial charge in [-0.3, -0.25) is 9.48 Å². The number of hydrogen-bond donors (Lipinski definition) is 2. The maximum Gasteiger partial charge on any atom is 0.338 e. The van der Waals surface area contributed by atoms with E-state index in [4.69, 9.17) is 4.74 Å². The van der Waals surface area contributed by atoms with Gasteiger partial charge in [0, 0.05) is 19.7 Å². The lowest BCUT2D eigenvalue weighted by Gasteiger charge is -2.08. The lowest BCUT2D eigenvalue weighted by molar-refractivity contribution is -0.119. The molecule has 0 radical (unpaired) electrons. The molecule has 0 saturated carbocycles. The van der Waals surface area contributed by atoms with Gasteiger partial charge in [0.1, 0.15) is 5.82 Å². The number of benzene rings is 1. The summed E-state index contributed by atoms with van der Waals surface area (Å²) in [5.41, 5.74) is 0.770. The molecule has 1 amide bonds. The fraction of sp³-hybridized carbons (Fsp3) is 0.312. The number of sulfonamides is 1. The number of esters is 1. The van der Waals surface area contributed by atoms with Crippen LogP contribution in [0, 0.1) is 6.92 Å². The Morgan fingerprint density at radius 2 is 2.00 bits per heavy atom. The molecule has 0 aliphatic heterocycles. The van der Waals surface area contributed by atoms with Gasteiger partial charge in [0.2, 0.25) is 10.0 Å². The van der Waals surface area contributed by atoms with Crippen molar-refractivity contribution in [2.45, 2.75) is 18.7 Å². The van der Waals surface area contributed by atoms with E-state index in [2.05, 4.69) is 15.1 Å². The Labute approximate surface area is 151 Å². The van der Waals surface area contributed by atoms with Crippen molar-refractivity contribution in [3.05, 3.63) is 41.6 Å². The van der Waals surface area contributed by atoms with Crippen LogP contribution in [0.5, 0.6) is 0 Å². The second-order valence-electron chi connectivity index (χ2n) is 5.45. The molecule has 140 valence electrons. The lowest BCUT2D eigenvalue weighted by atomic mass is 10.2. The third kappa shape index (κ3) is 4.90. The van der Waals surface area contributed by atoms with Crippen LogP contribution in [0.4, 0.5) is 5.82 Å². The van der Waals surface area contributed by atoms with Crippen molar-refractivity contribution in [1.29, 1.82) is 0 Å². The number of aromatic nitrogens is 2. The van der Waals surface area contributed by atoms with Crippen molar-refractivity contribution in [1.82, 2.24) is 14.5 Å². The van der Waals surface area contributed by atoms with E-state index in [9.17, 15) is 18.0 Å². The number of hydrogen-bond acceptors (Lipinski definition) is 6. The van der Waals surface area contributed by atoms with Crippen LogP contribution in [0.3, 0.4) is 0 Å². The molecule has 2 N–H and O–H groups in total. The van der Waals surface area contributed by atoms with E-state index in [1.807, 2.05) is 0 Å². The molecular formula is C16H20N4O5S. The summed E-state index contributed by atoms with van der Waals surface area (Å²) in [6, 6.07) is 7.08. The molecule has 0 spiro atoms. The van der Waals surface area contributed by atoms with Crippen LogP contribution < -0.4 is 10.0 Å². The van der Waals surface area contributed by atoms with Gasteiger partial charge < -0.3 is 10.1 Å². The van der Waals surface area contributed by atoms with Crippen LogP contribution >= 0.6 is 0 Å². The largest absolute Gasteiger partial charge is 0.452 e. The average Bonchev–Trinajstić information content (AvgIpc) is 2.90. The van der Waals surface area contributed by atoms with Crippen LogP contribution in [0.1, 0.15) is 23.0 Å². The van der Waals surface area contributed by atoms with E-state index in [0.29, 0.717) is 5.82 Å². The highest BCUT2D eigenvalue weighted by molar-refractivity contribution is 7.89. The summed E-state index contributed by atoms with van der Waals surface area (Å²) in [7, 11) is -2.02. The van der Waals surface area contributed by atoms with E-state index < -0.39 is 28.5 Å². The maximum absolute atomic E-state index is 12.1. The number of rotatable bonds is 7. The van der Waals surface area contributed by atoms with Gasteiger partial charge in [0.25, 0.3) is 5.91 Å². The standard InChI is InChI=1S/C16H20N4O5S/c1-4-17-26(23,24)13-7-5-6-12(9-13)16(22)25-10-15(21)18-14-8-11(2)19-20(14)3/h5-9,17H,4,10H2,1-3H3,(H,18,21). The first kappa shape index (κ1) is 19.6. The summed E-state index contributed by atoms with van der Waals surface area (Å²) in [6.45, 7) is 3.15. The first-order valence-electron chi connectivity index (χ1n) is 7.80. The highest BCUT2D eigenvalue weighted by atomic mass is 32.2. The first-order valence-corrected chi connectivity index (χ1v) is 9.28. The Balaban J connectivity index is 1.99.